The van der Waals surface area contributed by atoms with E-state index in [1.54, 1.807) is 0 Å². The van der Waals surface area contributed by atoms with Crippen LogP contribution < -0.4 is 0 Å². The van der Waals surface area contributed by atoms with Crippen molar-refractivity contribution in [3.63, 3.8) is 0 Å². The molecule has 0 spiro atoms. The summed E-state index contributed by atoms with van der Waals surface area (Å²) in [6.45, 7) is 0. The minimum atomic E-state index is -0.258. The topological polar surface area (TPSA) is 29.4 Å². The molecule has 2 nitrogen and oxygen atoms in total. The van der Waals surface area contributed by atoms with Crippen molar-refractivity contribution >= 4 is 11.5 Å². The van der Waals surface area contributed by atoms with E-state index in [9.17, 15) is 4.79 Å². The summed E-state index contributed by atoms with van der Waals surface area (Å²) in [6, 6.07) is 50.5. The molecule has 0 unspecified atom stereocenters. The molecule has 0 heterocycles. The van der Waals surface area contributed by atoms with Gasteiger partial charge in [0.25, 0.3) is 0 Å². The smallest absolute Gasteiger partial charge is 0.163 e. The lowest BCUT2D eigenvalue weighted by Gasteiger charge is -2.26. The summed E-state index contributed by atoms with van der Waals surface area (Å²) in [6.07, 6.45) is 0.355. The van der Waals surface area contributed by atoms with Crippen molar-refractivity contribution in [1.29, 1.82) is 0 Å². The number of carbonyl (C=O) groups excluding carboxylic acids is 1. The Balaban J connectivity index is 1.68. The van der Waals surface area contributed by atoms with Crippen molar-refractivity contribution in [2.75, 3.05) is 0 Å². The van der Waals surface area contributed by atoms with Crippen LogP contribution in [0.4, 0.5) is 0 Å². The van der Waals surface area contributed by atoms with Gasteiger partial charge >= 0.3 is 0 Å². The molecule has 0 fully saturated rings. The molecule has 0 aliphatic rings. The summed E-state index contributed by atoms with van der Waals surface area (Å²) in [5.74, 6) is -0.0229. The number of Topliss-reactive ketones (excluding diaryl/α,β-unsaturated/α-hetero) is 1. The fraction of sp³-hybridized carbons (Fsp3) is 0.0857. The fourth-order valence-electron chi connectivity index (χ4n) is 4.75. The van der Waals surface area contributed by atoms with E-state index in [-0.39, 0.29) is 17.7 Å². The van der Waals surface area contributed by atoms with E-state index in [4.69, 9.17) is 4.99 Å². The highest BCUT2D eigenvalue weighted by atomic mass is 16.1. The quantitative estimate of drug-likeness (QED) is 0.154. The van der Waals surface area contributed by atoms with Crippen LogP contribution in [-0.4, -0.2) is 11.5 Å². The monoisotopic (exact) mass is 479 g/mol. The lowest BCUT2D eigenvalue weighted by Crippen LogP contribution is -2.17. The summed E-state index contributed by atoms with van der Waals surface area (Å²) >= 11 is 0. The zero-order valence-corrected chi connectivity index (χ0v) is 20.7. The van der Waals surface area contributed by atoms with Gasteiger partial charge < -0.3 is 0 Å². The highest BCUT2D eigenvalue weighted by Crippen LogP contribution is 2.38. The van der Waals surface area contributed by atoms with Crippen molar-refractivity contribution in [2.45, 2.75) is 18.4 Å². The molecule has 0 aromatic heterocycles. The van der Waals surface area contributed by atoms with Crippen molar-refractivity contribution in [2.24, 2.45) is 4.99 Å². The van der Waals surface area contributed by atoms with Crippen LogP contribution in [0.15, 0.2) is 157 Å². The molecule has 0 radical (unpaired) electrons. The van der Waals surface area contributed by atoms with Crippen molar-refractivity contribution in [3.8, 4) is 0 Å². The number of benzene rings is 5. The first kappa shape index (κ1) is 24.1. The first-order valence-electron chi connectivity index (χ1n) is 12.7. The molecule has 0 saturated carbocycles. The molecule has 0 saturated heterocycles. The minimum absolute atomic E-state index is 0.117. The summed E-state index contributed by atoms with van der Waals surface area (Å²) in [7, 11) is 0. The number of aliphatic imine (C=N–C) groups is 1. The largest absolute Gasteiger partial charge is 0.294 e. The lowest BCUT2D eigenvalue weighted by molar-refractivity contribution is 0.0969. The van der Waals surface area contributed by atoms with Gasteiger partial charge in [-0.2, -0.15) is 0 Å². The van der Waals surface area contributed by atoms with Gasteiger partial charge in [0.2, 0.25) is 0 Å². The molecule has 37 heavy (non-hydrogen) atoms. The second-order valence-electron chi connectivity index (χ2n) is 9.08. The highest BCUT2D eigenvalue weighted by molar-refractivity contribution is 6.13. The minimum Gasteiger partial charge on any atom is -0.294 e. The molecule has 5 aromatic carbocycles. The predicted octanol–water partition coefficient (Wildman–Crippen LogP) is 8.32. The molecule has 0 N–H and O–H groups in total. The Bertz CT molecular complexity index is 1390. The van der Waals surface area contributed by atoms with E-state index in [0.717, 1.165) is 33.5 Å². The molecule has 2 heteroatoms. The van der Waals surface area contributed by atoms with E-state index in [2.05, 4.69) is 48.5 Å². The van der Waals surface area contributed by atoms with Crippen LogP contribution in [0, 0.1) is 0 Å². The van der Waals surface area contributed by atoms with Crippen molar-refractivity contribution in [1.82, 2.24) is 0 Å². The normalized spacial score (nSPS) is 12.3. The van der Waals surface area contributed by atoms with E-state index >= 15 is 0 Å². The number of hydrogen-bond donors (Lipinski definition) is 0. The van der Waals surface area contributed by atoms with Gasteiger partial charge in [-0.25, -0.2) is 0 Å². The number of carbonyl (C=O) groups is 1. The van der Waals surface area contributed by atoms with E-state index in [1.807, 2.05) is 103 Å². The van der Waals surface area contributed by atoms with Crippen LogP contribution in [0.1, 0.15) is 51.0 Å². The van der Waals surface area contributed by atoms with Gasteiger partial charge in [0, 0.05) is 29.0 Å². The summed E-state index contributed by atoms with van der Waals surface area (Å²) in [5.41, 5.74) is 5.94. The Labute approximate surface area is 219 Å². The number of hydrogen-bond acceptors (Lipinski definition) is 2. The van der Waals surface area contributed by atoms with Crippen molar-refractivity contribution in [3.05, 3.63) is 179 Å². The SMILES string of the molecule is O=C(C[C@H](c1ccccc1)[C@@H](N=C(c1ccccc1)c1ccccc1)c1ccccc1)c1ccccc1. The first-order chi connectivity index (χ1) is 18.3. The summed E-state index contributed by atoms with van der Waals surface area (Å²) in [4.78, 5) is 19.0. The Morgan fingerprint density at radius 2 is 0.865 bits per heavy atom. The van der Waals surface area contributed by atoms with Crippen LogP contribution >= 0.6 is 0 Å². The third kappa shape index (κ3) is 5.99. The second-order valence-corrected chi connectivity index (χ2v) is 9.08. The van der Waals surface area contributed by atoms with Gasteiger partial charge in [0.05, 0.1) is 11.8 Å². The number of rotatable bonds is 9. The van der Waals surface area contributed by atoms with E-state index in [1.165, 1.54) is 0 Å². The third-order valence-electron chi connectivity index (χ3n) is 6.61. The van der Waals surface area contributed by atoms with Crippen LogP contribution in [0.3, 0.4) is 0 Å². The number of ketones is 1. The van der Waals surface area contributed by atoms with Gasteiger partial charge in [0.15, 0.2) is 5.78 Å². The Kier molecular flexibility index (Phi) is 7.78. The molecular weight excluding hydrogens is 450 g/mol. The maximum absolute atomic E-state index is 13.5. The highest BCUT2D eigenvalue weighted by Gasteiger charge is 2.28. The summed E-state index contributed by atoms with van der Waals surface area (Å²) in [5, 5.41) is 0. The second kappa shape index (κ2) is 11.9. The van der Waals surface area contributed by atoms with Gasteiger partial charge in [0.1, 0.15) is 0 Å². The Morgan fingerprint density at radius 3 is 1.32 bits per heavy atom. The van der Waals surface area contributed by atoms with Crippen LogP contribution in [0.2, 0.25) is 0 Å². The van der Waals surface area contributed by atoms with E-state index < -0.39 is 0 Å². The van der Waals surface area contributed by atoms with Gasteiger partial charge in [-0.3, -0.25) is 9.79 Å². The Morgan fingerprint density at radius 1 is 0.486 bits per heavy atom. The van der Waals surface area contributed by atoms with Crippen LogP contribution in [0.5, 0.6) is 0 Å². The average molecular weight is 480 g/mol. The zero-order chi connectivity index (χ0) is 25.3. The standard InChI is InChI=1S/C35H29NO/c37-33(28-18-8-2-9-19-28)26-32(27-16-6-1-7-17-27)35(31-24-14-5-15-25-31)36-34(29-20-10-3-11-21-29)30-22-12-4-13-23-30/h1-25,32,35H,26H2/t32-,35+/m1/s1. The molecule has 0 bridgehead atoms. The molecular formula is C35H29NO. The summed E-state index contributed by atoms with van der Waals surface area (Å²) < 4.78 is 0. The van der Waals surface area contributed by atoms with Crippen LogP contribution in [0.25, 0.3) is 0 Å². The Hall–Kier alpha value is -4.56. The molecule has 0 aliphatic carbocycles. The molecule has 5 rings (SSSR count). The van der Waals surface area contributed by atoms with Gasteiger partial charge in [-0.1, -0.05) is 152 Å². The first-order valence-corrected chi connectivity index (χ1v) is 12.7. The molecule has 5 aromatic rings. The van der Waals surface area contributed by atoms with Crippen LogP contribution in [-0.2, 0) is 0 Å². The van der Waals surface area contributed by atoms with Crippen molar-refractivity contribution < 1.29 is 4.79 Å². The fourth-order valence-corrected chi connectivity index (χ4v) is 4.75. The predicted molar refractivity (Wildman–Crippen MR) is 152 cm³/mol. The zero-order valence-electron chi connectivity index (χ0n) is 20.7. The molecule has 0 amide bonds. The number of nitrogens with zero attached hydrogens (tertiary/aromatic N) is 1. The molecule has 0 aliphatic heterocycles. The van der Waals surface area contributed by atoms with Gasteiger partial charge in [-0.05, 0) is 11.1 Å². The lowest BCUT2D eigenvalue weighted by atomic mass is 9.82. The third-order valence-corrected chi connectivity index (χ3v) is 6.61. The van der Waals surface area contributed by atoms with Gasteiger partial charge in [-0.15, -0.1) is 0 Å². The average Bonchev–Trinajstić information content (AvgIpc) is 2.99. The maximum atomic E-state index is 13.5. The molecule has 2 atom stereocenters. The molecule has 180 valence electrons. The maximum Gasteiger partial charge on any atom is 0.163 e. The van der Waals surface area contributed by atoms with E-state index in [0.29, 0.717) is 6.42 Å².